The van der Waals surface area contributed by atoms with Gasteiger partial charge in [-0.1, -0.05) is 29.8 Å². The van der Waals surface area contributed by atoms with E-state index in [1.165, 1.54) is 12.8 Å². The summed E-state index contributed by atoms with van der Waals surface area (Å²) in [4.78, 5) is 4.49. The van der Waals surface area contributed by atoms with Crippen LogP contribution in [0, 0.1) is 0 Å². The smallest absolute Gasteiger partial charge is 0.0967 e. The first-order chi connectivity index (χ1) is 7.77. The van der Waals surface area contributed by atoms with E-state index in [4.69, 9.17) is 11.6 Å². The average molecular weight is 237 g/mol. The Morgan fingerprint density at radius 1 is 1.31 bits per heavy atom. The summed E-state index contributed by atoms with van der Waals surface area (Å²) in [6.45, 7) is 3.08. The molecule has 1 aliphatic heterocycles. The van der Waals surface area contributed by atoms with Crippen LogP contribution in [0.3, 0.4) is 0 Å². The predicted octanol–water partition coefficient (Wildman–Crippen LogP) is 3.57. The van der Waals surface area contributed by atoms with Crippen molar-refractivity contribution in [3.05, 3.63) is 34.9 Å². The predicted molar refractivity (Wildman–Crippen MR) is 69.2 cm³/mol. The number of nitrogens with zero attached hydrogens (tertiary/aromatic N) is 1. The number of aliphatic imine (C=N–C) groups is 1. The van der Waals surface area contributed by atoms with Crippen LogP contribution in [0.25, 0.3) is 0 Å². The third-order valence-corrected chi connectivity index (χ3v) is 3.22. The molecule has 0 aliphatic carbocycles. The number of amidine groups is 1. The Hall–Kier alpha value is -1.02. The summed E-state index contributed by atoms with van der Waals surface area (Å²) >= 11 is 6.16. The van der Waals surface area contributed by atoms with Gasteiger partial charge in [-0.2, -0.15) is 0 Å². The molecule has 0 radical (unpaired) electrons. The van der Waals surface area contributed by atoms with Crippen molar-refractivity contribution in [3.8, 4) is 0 Å². The fraction of sp³-hybridized carbons (Fsp3) is 0.462. The van der Waals surface area contributed by atoms with Gasteiger partial charge in [0.2, 0.25) is 0 Å². The molecule has 0 saturated heterocycles. The first-order valence-corrected chi connectivity index (χ1v) is 6.19. The minimum absolute atomic E-state index is 0.227. The normalized spacial score (nSPS) is 17.8. The monoisotopic (exact) mass is 236 g/mol. The molecule has 86 valence electrons. The van der Waals surface area contributed by atoms with E-state index in [0.717, 1.165) is 29.4 Å². The molecule has 0 saturated carbocycles. The lowest BCUT2D eigenvalue weighted by atomic mass is 10.1. The highest BCUT2D eigenvalue weighted by Gasteiger charge is 2.12. The molecule has 0 spiro atoms. The van der Waals surface area contributed by atoms with E-state index in [1.54, 1.807) is 0 Å². The maximum Gasteiger partial charge on any atom is 0.0967 e. The molecule has 2 nitrogen and oxygen atoms in total. The van der Waals surface area contributed by atoms with Gasteiger partial charge in [-0.3, -0.25) is 4.99 Å². The number of hydrogen-bond donors (Lipinski definition) is 1. The Kier molecular flexibility index (Phi) is 3.83. The van der Waals surface area contributed by atoms with E-state index in [-0.39, 0.29) is 6.04 Å². The van der Waals surface area contributed by atoms with Crippen molar-refractivity contribution in [2.24, 2.45) is 4.99 Å². The van der Waals surface area contributed by atoms with Crippen LogP contribution in [0.2, 0.25) is 5.02 Å². The number of hydrogen-bond acceptors (Lipinski definition) is 2. The van der Waals surface area contributed by atoms with Gasteiger partial charge in [0.15, 0.2) is 0 Å². The van der Waals surface area contributed by atoms with Crippen LogP contribution in [0.4, 0.5) is 0 Å². The zero-order valence-corrected chi connectivity index (χ0v) is 10.3. The summed E-state index contributed by atoms with van der Waals surface area (Å²) in [6.07, 6.45) is 3.52. The van der Waals surface area contributed by atoms with Crippen LogP contribution in [-0.2, 0) is 0 Å². The summed E-state index contributed by atoms with van der Waals surface area (Å²) in [7, 11) is 0. The maximum absolute atomic E-state index is 6.16. The molecule has 2 rings (SSSR count). The van der Waals surface area contributed by atoms with Crippen molar-refractivity contribution < 1.29 is 0 Å². The number of nitrogens with one attached hydrogen (secondary N) is 1. The highest BCUT2D eigenvalue weighted by atomic mass is 35.5. The van der Waals surface area contributed by atoms with Gasteiger partial charge in [0.25, 0.3) is 0 Å². The number of benzene rings is 1. The lowest BCUT2D eigenvalue weighted by molar-refractivity contribution is 0.656. The number of halogens is 1. The van der Waals surface area contributed by atoms with Crippen molar-refractivity contribution >= 4 is 17.4 Å². The Bertz CT molecular complexity index is 387. The van der Waals surface area contributed by atoms with Crippen molar-refractivity contribution in [1.29, 1.82) is 0 Å². The highest BCUT2D eigenvalue weighted by molar-refractivity contribution is 6.31. The van der Waals surface area contributed by atoms with E-state index in [0.29, 0.717) is 0 Å². The van der Waals surface area contributed by atoms with Crippen LogP contribution in [0.5, 0.6) is 0 Å². The third kappa shape index (κ3) is 2.76. The second-order valence-corrected chi connectivity index (χ2v) is 4.58. The molecule has 1 N–H and O–H groups in total. The molecular weight excluding hydrogens is 220 g/mol. The second-order valence-electron chi connectivity index (χ2n) is 4.17. The standard InChI is InChI=1S/C13H17ClN2/c1-10(11-6-2-3-7-12(11)14)16-13-8-4-5-9-15-13/h2-3,6-7,10H,4-5,8-9H2,1H3,(H,15,16)/t10-/m1/s1. The average Bonchev–Trinajstić information content (AvgIpc) is 2.31. The van der Waals surface area contributed by atoms with Gasteiger partial charge < -0.3 is 5.32 Å². The highest BCUT2D eigenvalue weighted by Crippen LogP contribution is 2.22. The first-order valence-electron chi connectivity index (χ1n) is 5.81. The van der Waals surface area contributed by atoms with Crippen LogP contribution in [0.1, 0.15) is 37.8 Å². The van der Waals surface area contributed by atoms with Crippen LogP contribution >= 0.6 is 11.6 Å². The van der Waals surface area contributed by atoms with E-state index in [1.807, 2.05) is 18.2 Å². The van der Waals surface area contributed by atoms with Crippen molar-refractivity contribution in [2.75, 3.05) is 6.54 Å². The molecule has 0 unspecified atom stereocenters. The summed E-state index contributed by atoms with van der Waals surface area (Å²) in [5, 5.41) is 4.26. The van der Waals surface area contributed by atoms with Crippen molar-refractivity contribution in [1.82, 2.24) is 5.32 Å². The summed E-state index contributed by atoms with van der Waals surface area (Å²) in [6, 6.07) is 8.19. The molecule has 0 amide bonds. The lowest BCUT2D eigenvalue weighted by Crippen LogP contribution is -2.28. The van der Waals surface area contributed by atoms with E-state index < -0.39 is 0 Å². The molecule has 1 aliphatic rings. The third-order valence-electron chi connectivity index (χ3n) is 2.88. The largest absolute Gasteiger partial charge is 0.367 e. The fourth-order valence-electron chi connectivity index (χ4n) is 1.97. The van der Waals surface area contributed by atoms with E-state index in [9.17, 15) is 0 Å². The molecule has 3 heteroatoms. The Labute approximate surface area is 102 Å². The molecule has 16 heavy (non-hydrogen) atoms. The topological polar surface area (TPSA) is 24.4 Å². The van der Waals surface area contributed by atoms with Gasteiger partial charge in [0.1, 0.15) is 0 Å². The minimum Gasteiger partial charge on any atom is -0.367 e. The van der Waals surface area contributed by atoms with Crippen molar-refractivity contribution in [2.45, 2.75) is 32.2 Å². The molecular formula is C13H17ClN2. The first kappa shape index (κ1) is 11.5. The van der Waals surface area contributed by atoms with Gasteiger partial charge in [0, 0.05) is 18.0 Å². The zero-order chi connectivity index (χ0) is 11.4. The van der Waals surface area contributed by atoms with Gasteiger partial charge in [0.05, 0.1) is 11.9 Å². The summed E-state index contributed by atoms with van der Waals surface area (Å²) in [5.74, 6) is 1.12. The minimum atomic E-state index is 0.227. The Morgan fingerprint density at radius 2 is 2.12 bits per heavy atom. The molecule has 0 fully saturated rings. The van der Waals surface area contributed by atoms with Gasteiger partial charge in [-0.05, 0) is 31.4 Å². The summed E-state index contributed by atoms with van der Waals surface area (Å²) in [5.41, 5.74) is 1.14. The lowest BCUT2D eigenvalue weighted by Gasteiger charge is -2.20. The van der Waals surface area contributed by atoms with Crippen LogP contribution in [0.15, 0.2) is 29.3 Å². The molecule has 1 heterocycles. The molecule has 1 atom stereocenters. The zero-order valence-electron chi connectivity index (χ0n) is 9.54. The molecule has 0 bridgehead atoms. The Morgan fingerprint density at radius 3 is 2.81 bits per heavy atom. The molecule has 1 aromatic carbocycles. The quantitative estimate of drug-likeness (QED) is 0.834. The maximum atomic E-state index is 6.16. The van der Waals surface area contributed by atoms with E-state index in [2.05, 4.69) is 23.3 Å². The van der Waals surface area contributed by atoms with Crippen molar-refractivity contribution in [3.63, 3.8) is 0 Å². The SMILES string of the molecule is C[C@@H](NC1=NCCCC1)c1ccccc1Cl. The van der Waals surface area contributed by atoms with Crippen LogP contribution < -0.4 is 5.32 Å². The van der Waals surface area contributed by atoms with Gasteiger partial charge in [-0.25, -0.2) is 0 Å². The molecule has 1 aromatic rings. The fourth-order valence-corrected chi connectivity index (χ4v) is 2.27. The van der Waals surface area contributed by atoms with Crippen LogP contribution in [-0.4, -0.2) is 12.4 Å². The van der Waals surface area contributed by atoms with Gasteiger partial charge in [-0.15, -0.1) is 0 Å². The summed E-state index contributed by atoms with van der Waals surface area (Å²) < 4.78 is 0. The van der Waals surface area contributed by atoms with E-state index >= 15 is 0 Å². The second kappa shape index (κ2) is 5.35. The Balaban J connectivity index is 2.05. The number of rotatable bonds is 2. The van der Waals surface area contributed by atoms with Gasteiger partial charge >= 0.3 is 0 Å². The molecule has 0 aromatic heterocycles.